The second-order valence-electron chi connectivity index (χ2n) is 6.29. The van der Waals surface area contributed by atoms with E-state index in [1.807, 2.05) is 6.92 Å². The van der Waals surface area contributed by atoms with Crippen molar-refractivity contribution in [1.29, 1.82) is 0 Å². The van der Waals surface area contributed by atoms with Crippen LogP contribution in [-0.2, 0) is 4.79 Å². The minimum absolute atomic E-state index is 0.273. The minimum atomic E-state index is -0.951. The van der Waals surface area contributed by atoms with E-state index in [9.17, 15) is 14.7 Å². The van der Waals surface area contributed by atoms with Gasteiger partial charge in [0, 0.05) is 6.54 Å². The first-order valence-electron chi connectivity index (χ1n) is 8.02. The number of carbonyl (C=O) groups is 2. The van der Waals surface area contributed by atoms with Gasteiger partial charge in [-0.2, -0.15) is 0 Å². The first-order chi connectivity index (χ1) is 11.5. The summed E-state index contributed by atoms with van der Waals surface area (Å²) < 4.78 is 5.32. The highest BCUT2D eigenvalue weighted by Crippen LogP contribution is 2.26. The lowest BCUT2D eigenvalue weighted by atomic mass is 9.91. The summed E-state index contributed by atoms with van der Waals surface area (Å²) in [5, 5.41) is 9.44. The maximum absolute atomic E-state index is 12.8. The summed E-state index contributed by atoms with van der Waals surface area (Å²) in [4.78, 5) is 30.2. The third-order valence-corrected chi connectivity index (χ3v) is 4.50. The molecule has 2 unspecified atom stereocenters. The molecule has 3 heterocycles. The Kier molecular flexibility index (Phi) is 4.38. The summed E-state index contributed by atoms with van der Waals surface area (Å²) in [6.07, 6.45) is 2.86. The summed E-state index contributed by atoms with van der Waals surface area (Å²) in [6.45, 7) is 4.22. The first-order valence-corrected chi connectivity index (χ1v) is 8.02. The van der Waals surface area contributed by atoms with Crippen LogP contribution in [0.15, 0.2) is 34.9 Å². The molecule has 6 heteroatoms. The van der Waals surface area contributed by atoms with Crippen LogP contribution in [-0.4, -0.2) is 39.5 Å². The van der Waals surface area contributed by atoms with E-state index in [1.165, 1.54) is 4.90 Å². The number of carboxylic acids is 1. The van der Waals surface area contributed by atoms with Crippen molar-refractivity contribution in [3.63, 3.8) is 0 Å². The Bertz CT molecular complexity index is 754. The van der Waals surface area contributed by atoms with Gasteiger partial charge >= 0.3 is 5.97 Å². The van der Waals surface area contributed by atoms with Gasteiger partial charge in [-0.15, -0.1) is 0 Å². The van der Waals surface area contributed by atoms with Gasteiger partial charge in [0.2, 0.25) is 0 Å². The van der Waals surface area contributed by atoms with E-state index in [0.29, 0.717) is 41.6 Å². The fraction of sp³-hybridized carbons (Fsp3) is 0.389. The fourth-order valence-electron chi connectivity index (χ4n) is 3.12. The summed E-state index contributed by atoms with van der Waals surface area (Å²) >= 11 is 0. The van der Waals surface area contributed by atoms with Crippen LogP contribution in [0, 0.1) is 12.8 Å². The lowest BCUT2D eigenvalue weighted by Gasteiger charge is -2.36. The van der Waals surface area contributed by atoms with Crippen LogP contribution < -0.4 is 0 Å². The van der Waals surface area contributed by atoms with Crippen LogP contribution in [0.4, 0.5) is 0 Å². The molecule has 1 amide bonds. The van der Waals surface area contributed by atoms with Gasteiger partial charge in [0.15, 0.2) is 5.76 Å². The van der Waals surface area contributed by atoms with Crippen LogP contribution >= 0.6 is 0 Å². The zero-order valence-electron chi connectivity index (χ0n) is 13.7. The van der Waals surface area contributed by atoms with Gasteiger partial charge in [-0.25, -0.2) is 9.78 Å². The molecule has 1 aliphatic heterocycles. The highest BCUT2D eigenvalue weighted by atomic mass is 16.4. The summed E-state index contributed by atoms with van der Waals surface area (Å²) in [6, 6.07) is 6.22. The smallest absolute Gasteiger partial charge is 0.326 e. The molecule has 1 aliphatic rings. The van der Waals surface area contributed by atoms with Crippen LogP contribution in [0.5, 0.6) is 0 Å². The van der Waals surface area contributed by atoms with Gasteiger partial charge in [0.25, 0.3) is 5.91 Å². The van der Waals surface area contributed by atoms with Crippen molar-refractivity contribution < 1.29 is 19.1 Å². The molecular formula is C18H20N2O4. The fourth-order valence-corrected chi connectivity index (χ4v) is 3.12. The highest BCUT2D eigenvalue weighted by Gasteiger charge is 2.35. The predicted octanol–water partition coefficient (Wildman–Crippen LogP) is 2.98. The number of hydrogen-bond donors (Lipinski definition) is 1. The Morgan fingerprint density at radius 3 is 2.75 bits per heavy atom. The molecule has 1 N–H and O–H groups in total. The average Bonchev–Trinajstić information content (AvgIpc) is 3.08. The SMILES string of the molecule is Cc1nc(-c2ccco2)ccc1C(=O)N1CCC(C)CC1C(=O)O. The Labute approximate surface area is 140 Å². The van der Waals surface area contributed by atoms with E-state index in [-0.39, 0.29) is 5.91 Å². The van der Waals surface area contributed by atoms with Crippen LogP contribution in [0.25, 0.3) is 11.5 Å². The summed E-state index contributed by atoms with van der Waals surface area (Å²) in [5.41, 5.74) is 1.65. The number of aromatic nitrogens is 1. The number of nitrogens with zero attached hydrogens (tertiary/aromatic N) is 2. The molecule has 24 heavy (non-hydrogen) atoms. The number of carboxylic acid groups (broad SMARTS) is 1. The van der Waals surface area contributed by atoms with E-state index >= 15 is 0 Å². The molecule has 0 aromatic carbocycles. The zero-order valence-corrected chi connectivity index (χ0v) is 13.7. The second kappa shape index (κ2) is 6.47. The first kappa shape index (κ1) is 16.2. The van der Waals surface area contributed by atoms with Gasteiger partial charge in [0.05, 0.1) is 17.5 Å². The molecule has 6 nitrogen and oxygen atoms in total. The molecule has 0 aliphatic carbocycles. The third kappa shape index (κ3) is 3.04. The van der Waals surface area contributed by atoms with Crippen molar-refractivity contribution >= 4 is 11.9 Å². The molecule has 2 aromatic heterocycles. The number of rotatable bonds is 3. The zero-order chi connectivity index (χ0) is 17.3. The third-order valence-electron chi connectivity index (χ3n) is 4.50. The molecule has 1 saturated heterocycles. The minimum Gasteiger partial charge on any atom is -0.480 e. The molecule has 0 bridgehead atoms. The Hall–Kier alpha value is -2.63. The molecule has 2 aromatic rings. The normalized spacial score (nSPS) is 20.8. The van der Waals surface area contributed by atoms with E-state index in [1.54, 1.807) is 37.5 Å². The molecule has 2 atom stereocenters. The monoisotopic (exact) mass is 328 g/mol. The van der Waals surface area contributed by atoms with Gasteiger partial charge in [-0.1, -0.05) is 6.92 Å². The lowest BCUT2D eigenvalue weighted by molar-refractivity contribution is -0.144. The van der Waals surface area contributed by atoms with E-state index in [0.717, 1.165) is 6.42 Å². The Morgan fingerprint density at radius 1 is 1.33 bits per heavy atom. The quantitative estimate of drug-likeness (QED) is 0.936. The lowest BCUT2D eigenvalue weighted by Crippen LogP contribution is -2.50. The number of aryl methyl sites for hydroxylation is 1. The molecule has 1 fully saturated rings. The number of amides is 1. The molecule has 3 rings (SSSR count). The van der Waals surface area contributed by atoms with Crippen LogP contribution in [0.1, 0.15) is 35.8 Å². The number of hydrogen-bond acceptors (Lipinski definition) is 4. The van der Waals surface area contributed by atoms with Gasteiger partial charge < -0.3 is 14.4 Å². The van der Waals surface area contributed by atoms with E-state index < -0.39 is 12.0 Å². The average molecular weight is 328 g/mol. The topological polar surface area (TPSA) is 83.6 Å². The van der Waals surface area contributed by atoms with Crippen LogP contribution in [0.2, 0.25) is 0 Å². The van der Waals surface area contributed by atoms with Gasteiger partial charge in [-0.3, -0.25) is 4.79 Å². The Balaban J connectivity index is 1.88. The number of aliphatic carboxylic acids is 1. The maximum atomic E-state index is 12.8. The predicted molar refractivity (Wildman–Crippen MR) is 87.5 cm³/mol. The standard InChI is InChI=1S/C18H20N2O4/c1-11-7-8-20(15(10-11)18(22)23)17(21)13-5-6-14(19-12(13)2)16-4-3-9-24-16/h3-6,9,11,15H,7-8,10H2,1-2H3,(H,22,23). The van der Waals surface area contributed by atoms with Crippen molar-refractivity contribution in [1.82, 2.24) is 9.88 Å². The molecule has 0 saturated carbocycles. The second-order valence-corrected chi connectivity index (χ2v) is 6.29. The molecular weight excluding hydrogens is 308 g/mol. The number of carbonyl (C=O) groups excluding carboxylic acids is 1. The van der Waals surface area contributed by atoms with Crippen molar-refractivity contribution in [2.24, 2.45) is 5.92 Å². The van der Waals surface area contributed by atoms with Crippen LogP contribution in [0.3, 0.4) is 0 Å². The maximum Gasteiger partial charge on any atom is 0.326 e. The van der Waals surface area contributed by atoms with Gasteiger partial charge in [-0.05, 0) is 49.9 Å². The number of furan rings is 1. The van der Waals surface area contributed by atoms with Crippen molar-refractivity contribution in [2.75, 3.05) is 6.54 Å². The van der Waals surface area contributed by atoms with Gasteiger partial charge in [0.1, 0.15) is 11.7 Å². The summed E-state index contributed by atoms with van der Waals surface area (Å²) in [5.74, 6) is -0.291. The van der Waals surface area contributed by atoms with Crippen molar-refractivity contribution in [2.45, 2.75) is 32.7 Å². The molecule has 0 radical (unpaired) electrons. The Morgan fingerprint density at radius 2 is 2.12 bits per heavy atom. The largest absolute Gasteiger partial charge is 0.480 e. The van der Waals surface area contributed by atoms with E-state index in [4.69, 9.17) is 4.42 Å². The van der Waals surface area contributed by atoms with E-state index in [2.05, 4.69) is 4.98 Å². The number of likely N-dealkylation sites (tertiary alicyclic amines) is 1. The summed E-state index contributed by atoms with van der Waals surface area (Å²) in [7, 11) is 0. The molecule has 0 spiro atoms. The van der Waals surface area contributed by atoms with Crippen molar-refractivity contribution in [3.05, 3.63) is 41.8 Å². The highest BCUT2D eigenvalue weighted by molar-refractivity contribution is 5.97. The van der Waals surface area contributed by atoms with Crippen molar-refractivity contribution in [3.8, 4) is 11.5 Å². The number of piperidine rings is 1. The molecule has 126 valence electrons. The number of pyridine rings is 1.